The van der Waals surface area contributed by atoms with E-state index in [2.05, 4.69) is 25.7 Å². The molecule has 0 aromatic heterocycles. The summed E-state index contributed by atoms with van der Waals surface area (Å²) < 4.78 is 0. The van der Waals surface area contributed by atoms with Crippen molar-refractivity contribution < 1.29 is 58.2 Å². The minimum absolute atomic E-state index is 0. The predicted molar refractivity (Wildman–Crippen MR) is 39.9 cm³/mol. The molecule has 0 saturated carbocycles. The first kappa shape index (κ1) is 11.8. The molecule has 0 aliphatic carbocycles. The van der Waals surface area contributed by atoms with Crippen molar-refractivity contribution >= 4 is 0 Å². The van der Waals surface area contributed by atoms with Crippen LogP contribution in [-0.4, -0.2) is 6.04 Å². The summed E-state index contributed by atoms with van der Waals surface area (Å²) in [5.41, 5.74) is 0. The molecule has 54 valence electrons. The van der Waals surface area contributed by atoms with Gasteiger partial charge in [0.25, 0.3) is 0 Å². The largest absolute Gasteiger partial charge is 1.00 e. The normalized spacial score (nSPS) is 26.1. The molecule has 0 aromatic rings. The molecule has 1 N–H and O–H groups in total. The van der Waals surface area contributed by atoms with Gasteiger partial charge >= 0.3 is 58.2 Å². The fraction of sp³-hybridized carbons (Fsp3) is 0.875. The maximum atomic E-state index is 3.39. The Balaban J connectivity index is 0.000000810. The fourth-order valence-electron chi connectivity index (χ4n) is 1.28. The molecule has 1 aliphatic heterocycles. The molecule has 0 bridgehead atoms. The van der Waals surface area contributed by atoms with Gasteiger partial charge in [0.05, 0.1) is 0 Å². The number of piperidine rings is 1. The summed E-state index contributed by atoms with van der Waals surface area (Å²) in [6, 6.07) is 0.749. The SMILES string of the molecule is CC(C)C1CCC[CH-]N1.[Rb+]. The van der Waals surface area contributed by atoms with Crippen molar-refractivity contribution in [3.63, 3.8) is 0 Å². The van der Waals surface area contributed by atoms with Gasteiger partial charge in [-0.25, -0.2) is 0 Å². The van der Waals surface area contributed by atoms with Crippen molar-refractivity contribution in [2.24, 2.45) is 5.92 Å². The van der Waals surface area contributed by atoms with Gasteiger partial charge in [-0.15, -0.1) is 0 Å². The molecular formula is C8H16NRb. The predicted octanol–water partition coefficient (Wildman–Crippen LogP) is -1.05. The third-order valence-corrected chi connectivity index (χ3v) is 2.00. The van der Waals surface area contributed by atoms with Crippen molar-refractivity contribution in [2.75, 3.05) is 0 Å². The summed E-state index contributed by atoms with van der Waals surface area (Å²) in [5.74, 6) is 0.793. The van der Waals surface area contributed by atoms with E-state index in [0.29, 0.717) is 0 Å². The molecule has 1 atom stereocenters. The van der Waals surface area contributed by atoms with E-state index in [0.717, 1.165) is 12.0 Å². The first-order valence-corrected chi connectivity index (χ1v) is 3.88. The summed E-state index contributed by atoms with van der Waals surface area (Å²) in [4.78, 5) is 0. The van der Waals surface area contributed by atoms with E-state index in [1.54, 1.807) is 0 Å². The van der Waals surface area contributed by atoms with Gasteiger partial charge in [0.15, 0.2) is 0 Å². The topological polar surface area (TPSA) is 12.0 Å². The Morgan fingerprint density at radius 3 is 2.50 bits per heavy atom. The van der Waals surface area contributed by atoms with Crippen molar-refractivity contribution in [1.82, 2.24) is 5.32 Å². The number of hydrogen-bond acceptors (Lipinski definition) is 1. The van der Waals surface area contributed by atoms with Crippen LogP contribution in [0.1, 0.15) is 33.1 Å². The average Bonchev–Trinajstić information content (AvgIpc) is 1.90. The van der Waals surface area contributed by atoms with Crippen molar-refractivity contribution in [1.29, 1.82) is 0 Å². The monoisotopic (exact) mass is 211 g/mol. The van der Waals surface area contributed by atoms with Crippen LogP contribution >= 0.6 is 0 Å². The maximum absolute atomic E-state index is 3.39. The van der Waals surface area contributed by atoms with Gasteiger partial charge in [-0.1, -0.05) is 20.3 Å². The molecule has 1 rings (SSSR count). The van der Waals surface area contributed by atoms with Crippen LogP contribution in [-0.2, 0) is 0 Å². The zero-order chi connectivity index (χ0) is 6.69. The Bertz CT molecular complexity index is 77.3. The molecule has 0 spiro atoms. The zero-order valence-corrected chi connectivity index (χ0v) is 12.3. The molecule has 0 aromatic carbocycles. The Hall–Kier alpha value is 1.77. The summed E-state index contributed by atoms with van der Waals surface area (Å²) in [6.45, 7) is 6.75. The van der Waals surface area contributed by atoms with E-state index in [1.807, 2.05) is 0 Å². The van der Waals surface area contributed by atoms with Crippen molar-refractivity contribution in [3.05, 3.63) is 6.54 Å². The van der Waals surface area contributed by atoms with Gasteiger partial charge in [-0.05, 0) is 18.4 Å². The van der Waals surface area contributed by atoms with E-state index >= 15 is 0 Å². The molecular weight excluding hydrogens is 196 g/mol. The fourth-order valence-corrected chi connectivity index (χ4v) is 1.28. The molecule has 0 amide bonds. The maximum Gasteiger partial charge on any atom is 1.00 e. The summed E-state index contributed by atoms with van der Waals surface area (Å²) in [6.07, 6.45) is 3.98. The van der Waals surface area contributed by atoms with E-state index in [9.17, 15) is 0 Å². The third kappa shape index (κ3) is 3.96. The van der Waals surface area contributed by atoms with Crippen molar-refractivity contribution in [3.8, 4) is 0 Å². The summed E-state index contributed by atoms with van der Waals surface area (Å²) in [7, 11) is 0. The van der Waals surface area contributed by atoms with Gasteiger partial charge < -0.3 is 5.32 Å². The third-order valence-electron chi connectivity index (χ3n) is 2.00. The minimum Gasteiger partial charge on any atom is -0.467 e. The van der Waals surface area contributed by atoms with Crippen LogP contribution in [0.4, 0.5) is 0 Å². The molecule has 2 heteroatoms. The standard InChI is InChI=1S/C8H16N.Rb/c1-7(2)8-5-3-4-6-9-8;/h6-9H,3-5H2,1-2H3;/q-1;+1. The van der Waals surface area contributed by atoms with Gasteiger partial charge in [-0.2, -0.15) is 6.42 Å². The smallest absolute Gasteiger partial charge is 0.467 e. The van der Waals surface area contributed by atoms with E-state index in [1.165, 1.54) is 19.3 Å². The number of hydrogen-bond donors (Lipinski definition) is 1. The zero-order valence-electron chi connectivity index (χ0n) is 7.35. The summed E-state index contributed by atoms with van der Waals surface area (Å²) >= 11 is 0. The van der Waals surface area contributed by atoms with E-state index in [-0.39, 0.29) is 58.2 Å². The van der Waals surface area contributed by atoms with Crippen molar-refractivity contribution in [2.45, 2.75) is 39.2 Å². The molecule has 1 fully saturated rings. The quantitative estimate of drug-likeness (QED) is 0.546. The van der Waals surface area contributed by atoms with E-state index in [4.69, 9.17) is 0 Å². The number of rotatable bonds is 1. The molecule has 1 unspecified atom stereocenters. The van der Waals surface area contributed by atoms with Crippen LogP contribution < -0.4 is 63.5 Å². The molecule has 1 heterocycles. The summed E-state index contributed by atoms with van der Waals surface area (Å²) in [5, 5.41) is 3.39. The van der Waals surface area contributed by atoms with Gasteiger partial charge in [0.1, 0.15) is 0 Å². The van der Waals surface area contributed by atoms with Gasteiger partial charge in [0.2, 0.25) is 0 Å². The molecule has 1 aliphatic rings. The van der Waals surface area contributed by atoms with Crippen LogP contribution in [0.5, 0.6) is 0 Å². The van der Waals surface area contributed by atoms with Crippen LogP contribution in [0, 0.1) is 12.5 Å². The van der Waals surface area contributed by atoms with Crippen LogP contribution in [0.15, 0.2) is 0 Å². The Labute approximate surface area is 113 Å². The molecule has 1 nitrogen and oxygen atoms in total. The van der Waals surface area contributed by atoms with E-state index < -0.39 is 0 Å². The molecule has 10 heavy (non-hydrogen) atoms. The second kappa shape index (κ2) is 6.30. The first-order valence-electron chi connectivity index (χ1n) is 3.88. The Morgan fingerprint density at radius 2 is 2.20 bits per heavy atom. The molecule has 1 saturated heterocycles. The minimum atomic E-state index is 0. The number of nitrogens with one attached hydrogen (secondary N) is 1. The molecule has 0 radical (unpaired) electrons. The van der Waals surface area contributed by atoms with Crippen LogP contribution in [0.2, 0.25) is 0 Å². The Kier molecular flexibility index (Phi) is 7.41. The van der Waals surface area contributed by atoms with Gasteiger partial charge in [-0.3, -0.25) is 6.54 Å². The average molecular weight is 212 g/mol. The van der Waals surface area contributed by atoms with Crippen LogP contribution in [0.25, 0.3) is 0 Å². The second-order valence-corrected chi connectivity index (χ2v) is 3.15. The van der Waals surface area contributed by atoms with Crippen LogP contribution in [0.3, 0.4) is 0 Å². The Morgan fingerprint density at radius 1 is 1.50 bits per heavy atom. The first-order chi connectivity index (χ1) is 4.30. The van der Waals surface area contributed by atoms with Gasteiger partial charge in [0, 0.05) is 0 Å². The second-order valence-electron chi connectivity index (χ2n) is 3.15.